The second-order valence-electron chi connectivity index (χ2n) is 6.79. The van der Waals surface area contributed by atoms with Crippen LogP contribution in [0, 0.1) is 17.8 Å². The van der Waals surface area contributed by atoms with Crippen LogP contribution in [-0.2, 0) is 4.79 Å². The Kier molecular flexibility index (Phi) is 4.08. The molecule has 0 spiro atoms. The van der Waals surface area contributed by atoms with Gasteiger partial charge in [-0.25, -0.2) is 0 Å². The summed E-state index contributed by atoms with van der Waals surface area (Å²) in [6, 6.07) is 0. The van der Waals surface area contributed by atoms with Gasteiger partial charge in [0.1, 0.15) is 0 Å². The molecule has 3 aliphatic rings. The smallest absolute Gasteiger partial charge is 0.236 e. The van der Waals surface area contributed by atoms with Crippen molar-refractivity contribution in [3.05, 3.63) is 0 Å². The summed E-state index contributed by atoms with van der Waals surface area (Å²) in [4.78, 5) is 16.8. The predicted octanol–water partition coefficient (Wildman–Crippen LogP) is 0.786. The lowest BCUT2D eigenvalue weighted by molar-refractivity contribution is -0.134. The molecule has 4 nitrogen and oxygen atoms in total. The van der Waals surface area contributed by atoms with Gasteiger partial charge in [-0.05, 0) is 56.7 Å². The topological polar surface area (TPSA) is 35.6 Å². The number of nitrogens with zero attached hydrogens (tertiary/aromatic N) is 2. The average molecular weight is 265 g/mol. The molecule has 0 aromatic carbocycles. The van der Waals surface area contributed by atoms with Gasteiger partial charge < -0.3 is 10.2 Å². The third-order valence-corrected chi connectivity index (χ3v) is 5.16. The standard InChI is InChI=1S/C15H27N3O/c1-12-3-2-5-18(9-12)15(19)11-17-6-4-13-7-16-8-14(13)10-17/h12-14,16H,2-11H2,1H3. The van der Waals surface area contributed by atoms with Gasteiger partial charge in [-0.2, -0.15) is 0 Å². The summed E-state index contributed by atoms with van der Waals surface area (Å²) in [5, 5.41) is 3.49. The van der Waals surface area contributed by atoms with E-state index in [2.05, 4.69) is 22.0 Å². The second-order valence-corrected chi connectivity index (χ2v) is 6.79. The SMILES string of the molecule is CC1CCCN(C(=O)CN2CCC3CNCC3C2)C1. The molecule has 0 aromatic heterocycles. The molecular weight excluding hydrogens is 238 g/mol. The molecule has 0 saturated carbocycles. The van der Waals surface area contributed by atoms with Gasteiger partial charge in [-0.3, -0.25) is 9.69 Å². The third-order valence-electron chi connectivity index (χ3n) is 5.16. The maximum Gasteiger partial charge on any atom is 0.236 e. The Hall–Kier alpha value is -0.610. The number of carbonyl (C=O) groups is 1. The monoisotopic (exact) mass is 265 g/mol. The van der Waals surface area contributed by atoms with Crippen molar-refractivity contribution in [3.63, 3.8) is 0 Å². The minimum Gasteiger partial charge on any atom is -0.341 e. The van der Waals surface area contributed by atoms with Crippen molar-refractivity contribution >= 4 is 5.91 Å². The first-order chi connectivity index (χ1) is 9.22. The molecule has 3 heterocycles. The van der Waals surface area contributed by atoms with E-state index < -0.39 is 0 Å². The molecule has 4 heteroatoms. The number of amides is 1. The summed E-state index contributed by atoms with van der Waals surface area (Å²) in [7, 11) is 0. The third kappa shape index (κ3) is 3.11. The zero-order valence-corrected chi connectivity index (χ0v) is 12.1. The van der Waals surface area contributed by atoms with Gasteiger partial charge in [-0.1, -0.05) is 6.92 Å². The molecule has 19 heavy (non-hydrogen) atoms. The predicted molar refractivity (Wildman–Crippen MR) is 75.9 cm³/mol. The summed E-state index contributed by atoms with van der Waals surface area (Å²) in [5.41, 5.74) is 0. The van der Waals surface area contributed by atoms with Gasteiger partial charge in [0.2, 0.25) is 5.91 Å². The van der Waals surface area contributed by atoms with Crippen LogP contribution in [0.2, 0.25) is 0 Å². The van der Waals surface area contributed by atoms with E-state index in [9.17, 15) is 4.79 Å². The highest BCUT2D eigenvalue weighted by molar-refractivity contribution is 5.78. The number of rotatable bonds is 2. The Balaban J connectivity index is 1.49. The minimum absolute atomic E-state index is 0.357. The maximum absolute atomic E-state index is 12.4. The van der Waals surface area contributed by atoms with Crippen LogP contribution in [0.1, 0.15) is 26.2 Å². The molecule has 3 aliphatic heterocycles. The molecule has 3 unspecified atom stereocenters. The number of likely N-dealkylation sites (tertiary alicyclic amines) is 2. The van der Waals surface area contributed by atoms with Crippen molar-refractivity contribution in [1.29, 1.82) is 0 Å². The van der Waals surface area contributed by atoms with Crippen LogP contribution in [0.4, 0.5) is 0 Å². The summed E-state index contributed by atoms with van der Waals surface area (Å²) in [6.45, 7) is 9.42. The second kappa shape index (κ2) is 5.80. The van der Waals surface area contributed by atoms with Crippen LogP contribution in [0.3, 0.4) is 0 Å². The molecule has 3 saturated heterocycles. The zero-order valence-electron chi connectivity index (χ0n) is 12.1. The Morgan fingerprint density at radius 3 is 2.84 bits per heavy atom. The van der Waals surface area contributed by atoms with Crippen molar-refractivity contribution in [3.8, 4) is 0 Å². The van der Waals surface area contributed by atoms with E-state index in [-0.39, 0.29) is 0 Å². The van der Waals surface area contributed by atoms with Crippen molar-refractivity contribution in [2.24, 2.45) is 17.8 Å². The fourth-order valence-electron chi connectivity index (χ4n) is 3.96. The number of piperidine rings is 2. The molecule has 0 radical (unpaired) electrons. The van der Waals surface area contributed by atoms with E-state index in [1.807, 2.05) is 0 Å². The van der Waals surface area contributed by atoms with Crippen molar-refractivity contribution < 1.29 is 4.79 Å². The number of carbonyl (C=O) groups excluding carboxylic acids is 1. The summed E-state index contributed by atoms with van der Waals surface area (Å²) in [5.74, 6) is 2.68. The van der Waals surface area contributed by atoms with E-state index in [0.29, 0.717) is 18.4 Å². The lowest BCUT2D eigenvalue weighted by Gasteiger charge is -2.37. The van der Waals surface area contributed by atoms with E-state index in [1.165, 1.54) is 25.8 Å². The van der Waals surface area contributed by atoms with Gasteiger partial charge in [0.15, 0.2) is 0 Å². The minimum atomic E-state index is 0.357. The van der Waals surface area contributed by atoms with Crippen LogP contribution >= 0.6 is 0 Å². The van der Waals surface area contributed by atoms with Crippen LogP contribution in [0.5, 0.6) is 0 Å². The van der Waals surface area contributed by atoms with E-state index in [0.717, 1.165) is 44.6 Å². The van der Waals surface area contributed by atoms with Crippen LogP contribution in [-0.4, -0.2) is 61.5 Å². The van der Waals surface area contributed by atoms with Gasteiger partial charge in [0, 0.05) is 19.6 Å². The molecule has 1 amide bonds. The van der Waals surface area contributed by atoms with E-state index in [1.54, 1.807) is 0 Å². The molecule has 0 aromatic rings. The number of nitrogens with one attached hydrogen (secondary N) is 1. The van der Waals surface area contributed by atoms with E-state index >= 15 is 0 Å². The van der Waals surface area contributed by atoms with Crippen molar-refractivity contribution in [2.75, 3.05) is 45.8 Å². The van der Waals surface area contributed by atoms with Gasteiger partial charge in [0.25, 0.3) is 0 Å². The quantitative estimate of drug-likeness (QED) is 0.802. The largest absolute Gasteiger partial charge is 0.341 e. The molecule has 108 valence electrons. The van der Waals surface area contributed by atoms with Crippen LogP contribution in [0.15, 0.2) is 0 Å². The van der Waals surface area contributed by atoms with Gasteiger partial charge >= 0.3 is 0 Å². The van der Waals surface area contributed by atoms with Gasteiger partial charge in [-0.15, -0.1) is 0 Å². The first-order valence-corrected chi connectivity index (χ1v) is 7.93. The molecule has 3 atom stereocenters. The Morgan fingerprint density at radius 2 is 2.00 bits per heavy atom. The normalized spacial score (nSPS) is 36.3. The van der Waals surface area contributed by atoms with Crippen LogP contribution < -0.4 is 5.32 Å². The van der Waals surface area contributed by atoms with Crippen molar-refractivity contribution in [1.82, 2.24) is 15.1 Å². The highest BCUT2D eigenvalue weighted by atomic mass is 16.2. The fourth-order valence-corrected chi connectivity index (χ4v) is 3.96. The fraction of sp³-hybridized carbons (Fsp3) is 0.933. The molecule has 0 aliphatic carbocycles. The Morgan fingerprint density at radius 1 is 1.16 bits per heavy atom. The number of hydrogen-bond acceptors (Lipinski definition) is 3. The highest BCUT2D eigenvalue weighted by Gasteiger charge is 2.33. The zero-order chi connectivity index (χ0) is 13.2. The lowest BCUT2D eigenvalue weighted by Crippen LogP contribution is -2.48. The number of fused-ring (bicyclic) bond motifs is 1. The number of hydrogen-bond donors (Lipinski definition) is 1. The Bertz CT molecular complexity index is 333. The van der Waals surface area contributed by atoms with E-state index in [4.69, 9.17) is 0 Å². The first kappa shape index (κ1) is 13.4. The van der Waals surface area contributed by atoms with Gasteiger partial charge in [0.05, 0.1) is 6.54 Å². The molecule has 1 N–H and O–H groups in total. The molecule has 3 rings (SSSR count). The lowest BCUT2D eigenvalue weighted by atomic mass is 9.89. The molecule has 0 bridgehead atoms. The summed E-state index contributed by atoms with van der Waals surface area (Å²) < 4.78 is 0. The first-order valence-electron chi connectivity index (χ1n) is 7.93. The maximum atomic E-state index is 12.4. The summed E-state index contributed by atoms with van der Waals surface area (Å²) in [6.07, 6.45) is 3.73. The van der Waals surface area contributed by atoms with Crippen LogP contribution in [0.25, 0.3) is 0 Å². The average Bonchev–Trinajstić information content (AvgIpc) is 2.86. The molecule has 3 fully saturated rings. The summed E-state index contributed by atoms with van der Waals surface area (Å²) >= 11 is 0. The Labute approximate surface area is 116 Å². The highest BCUT2D eigenvalue weighted by Crippen LogP contribution is 2.26. The molecular formula is C15H27N3O. The van der Waals surface area contributed by atoms with Crippen molar-refractivity contribution in [2.45, 2.75) is 26.2 Å².